The van der Waals surface area contributed by atoms with E-state index in [9.17, 15) is 0 Å². The van der Waals surface area contributed by atoms with Crippen molar-refractivity contribution in [2.45, 2.75) is 12.8 Å². The first kappa shape index (κ1) is 11.0. The topological polar surface area (TPSA) is 9.23 Å². The molecule has 0 saturated carbocycles. The smallest absolute Gasteiger partial charge is 0.0548 e. The molecule has 1 aliphatic heterocycles. The van der Waals surface area contributed by atoms with Gasteiger partial charge in [0, 0.05) is 17.7 Å². The predicted octanol–water partition coefficient (Wildman–Crippen LogP) is 3.90. The molecule has 0 atom stereocenters. The highest BCUT2D eigenvalue weighted by Gasteiger charge is 1.94. The molecule has 1 fully saturated rings. The monoisotopic (exact) mass is 262 g/mol. The van der Waals surface area contributed by atoms with Gasteiger partial charge in [0.05, 0.1) is 5.02 Å². The van der Waals surface area contributed by atoms with Crippen LogP contribution in [0, 0.1) is 0 Å². The minimum absolute atomic E-state index is 0.757. The summed E-state index contributed by atoms with van der Waals surface area (Å²) < 4.78 is 5.89. The lowest BCUT2D eigenvalue weighted by molar-refractivity contribution is 0.198. The Hall–Kier alpha value is -0.0500. The van der Waals surface area contributed by atoms with Gasteiger partial charge in [0.15, 0.2) is 0 Å². The lowest BCUT2D eigenvalue weighted by Gasteiger charge is -1.88. The van der Waals surface area contributed by atoms with Crippen LogP contribution in [0.1, 0.15) is 12.8 Å². The second-order valence-corrected chi connectivity index (χ2v) is 4.00. The van der Waals surface area contributed by atoms with Crippen molar-refractivity contribution >= 4 is 27.5 Å². The molecule has 0 aromatic heterocycles. The van der Waals surface area contributed by atoms with Crippen LogP contribution in [0.25, 0.3) is 0 Å². The number of halogens is 2. The molecule has 3 heteroatoms. The Balaban J connectivity index is 0.000000145. The van der Waals surface area contributed by atoms with Crippen LogP contribution in [0.4, 0.5) is 0 Å². The van der Waals surface area contributed by atoms with E-state index in [0.717, 1.165) is 22.7 Å². The summed E-state index contributed by atoms with van der Waals surface area (Å²) in [5.74, 6) is 0. The molecule has 0 radical (unpaired) electrons. The number of hydrogen-bond donors (Lipinski definition) is 0. The van der Waals surface area contributed by atoms with Crippen molar-refractivity contribution in [3.8, 4) is 0 Å². The van der Waals surface area contributed by atoms with Crippen molar-refractivity contribution in [1.82, 2.24) is 0 Å². The summed E-state index contributed by atoms with van der Waals surface area (Å²) in [4.78, 5) is 0. The summed E-state index contributed by atoms with van der Waals surface area (Å²) in [5, 5.41) is 0.757. The maximum atomic E-state index is 5.66. The molecule has 72 valence electrons. The third-order valence-electron chi connectivity index (χ3n) is 1.65. The Morgan fingerprint density at radius 2 is 1.77 bits per heavy atom. The molecule has 13 heavy (non-hydrogen) atoms. The molecule has 1 aromatic rings. The van der Waals surface area contributed by atoms with Gasteiger partial charge in [-0.15, -0.1) is 0 Å². The maximum absolute atomic E-state index is 5.66. The van der Waals surface area contributed by atoms with Crippen LogP contribution >= 0.6 is 27.5 Å². The van der Waals surface area contributed by atoms with Gasteiger partial charge in [0.25, 0.3) is 0 Å². The van der Waals surface area contributed by atoms with Gasteiger partial charge in [0.1, 0.15) is 0 Å². The standard InChI is InChI=1S/C6H4BrCl.C4H8O/c7-5-3-1-2-4-6(5)8;1-2-4-5-3-1/h1-4H;1-4H2. The van der Waals surface area contributed by atoms with Crippen molar-refractivity contribution in [3.63, 3.8) is 0 Å². The van der Waals surface area contributed by atoms with Crippen molar-refractivity contribution in [1.29, 1.82) is 0 Å². The van der Waals surface area contributed by atoms with Crippen molar-refractivity contribution < 1.29 is 4.74 Å². The fourth-order valence-corrected chi connectivity index (χ4v) is 1.37. The minimum atomic E-state index is 0.757. The third-order valence-corrected chi connectivity index (χ3v) is 2.90. The van der Waals surface area contributed by atoms with Crippen molar-refractivity contribution in [3.05, 3.63) is 33.8 Å². The molecule has 0 bridgehead atoms. The number of ether oxygens (including phenoxy) is 1. The quantitative estimate of drug-likeness (QED) is 0.690. The summed E-state index contributed by atoms with van der Waals surface area (Å²) in [5.41, 5.74) is 0. The van der Waals surface area contributed by atoms with Crippen LogP contribution in [-0.2, 0) is 4.74 Å². The van der Waals surface area contributed by atoms with Gasteiger partial charge < -0.3 is 4.74 Å². The molecule has 1 aromatic carbocycles. The average molecular weight is 264 g/mol. The van der Waals surface area contributed by atoms with E-state index in [0.29, 0.717) is 0 Å². The zero-order chi connectivity index (χ0) is 9.52. The Bertz CT molecular complexity index is 220. The van der Waals surface area contributed by atoms with Crippen LogP contribution in [0.2, 0.25) is 5.02 Å². The number of benzene rings is 1. The first-order chi connectivity index (χ1) is 6.30. The molecule has 0 unspecified atom stereocenters. The highest BCUT2D eigenvalue weighted by Crippen LogP contribution is 2.20. The lowest BCUT2D eigenvalue weighted by Crippen LogP contribution is -1.74. The second kappa shape index (κ2) is 6.41. The summed E-state index contributed by atoms with van der Waals surface area (Å²) in [7, 11) is 0. The average Bonchev–Trinajstić information content (AvgIpc) is 2.68. The van der Waals surface area contributed by atoms with Gasteiger partial charge in [-0.25, -0.2) is 0 Å². The molecular formula is C10H12BrClO. The predicted molar refractivity (Wildman–Crippen MR) is 59.2 cm³/mol. The van der Waals surface area contributed by atoms with Gasteiger partial charge in [-0.2, -0.15) is 0 Å². The summed E-state index contributed by atoms with van der Waals surface area (Å²) in [6, 6.07) is 7.57. The number of hydrogen-bond acceptors (Lipinski definition) is 1. The van der Waals surface area contributed by atoms with Gasteiger partial charge in [-0.1, -0.05) is 23.7 Å². The molecule has 0 spiro atoms. The first-order valence-electron chi connectivity index (χ1n) is 4.28. The van der Waals surface area contributed by atoms with E-state index in [1.165, 1.54) is 12.8 Å². The van der Waals surface area contributed by atoms with Gasteiger partial charge in [0.2, 0.25) is 0 Å². The Morgan fingerprint density at radius 3 is 2.08 bits per heavy atom. The number of rotatable bonds is 0. The molecule has 1 aliphatic rings. The molecule has 1 saturated heterocycles. The van der Waals surface area contributed by atoms with E-state index in [2.05, 4.69) is 15.9 Å². The summed E-state index contributed by atoms with van der Waals surface area (Å²) in [6.07, 6.45) is 2.56. The van der Waals surface area contributed by atoms with Crippen LogP contribution in [0.5, 0.6) is 0 Å². The molecule has 0 amide bonds. The minimum Gasteiger partial charge on any atom is -0.381 e. The van der Waals surface area contributed by atoms with Gasteiger partial charge in [-0.05, 0) is 40.9 Å². The Kier molecular flexibility index (Phi) is 5.44. The summed E-state index contributed by atoms with van der Waals surface area (Å²) >= 11 is 8.93. The van der Waals surface area contributed by atoms with Crippen molar-refractivity contribution in [2.24, 2.45) is 0 Å². The van der Waals surface area contributed by atoms with Crippen LogP contribution in [0.3, 0.4) is 0 Å². The van der Waals surface area contributed by atoms with Crippen LogP contribution < -0.4 is 0 Å². The maximum Gasteiger partial charge on any atom is 0.0548 e. The normalized spacial score (nSPS) is 14.9. The fraction of sp³-hybridized carbons (Fsp3) is 0.400. The van der Waals surface area contributed by atoms with Crippen LogP contribution in [0.15, 0.2) is 28.7 Å². The zero-order valence-corrected chi connectivity index (χ0v) is 9.64. The first-order valence-corrected chi connectivity index (χ1v) is 5.45. The van der Waals surface area contributed by atoms with E-state index in [1.54, 1.807) is 0 Å². The van der Waals surface area contributed by atoms with E-state index in [-0.39, 0.29) is 0 Å². The highest BCUT2D eigenvalue weighted by molar-refractivity contribution is 9.10. The van der Waals surface area contributed by atoms with Crippen LogP contribution in [-0.4, -0.2) is 13.2 Å². The molecule has 1 nitrogen and oxygen atoms in total. The highest BCUT2D eigenvalue weighted by atomic mass is 79.9. The molecule has 0 aliphatic carbocycles. The van der Waals surface area contributed by atoms with Crippen molar-refractivity contribution in [2.75, 3.05) is 13.2 Å². The molecule has 2 rings (SSSR count). The summed E-state index contributed by atoms with van der Waals surface area (Å²) in [6.45, 7) is 2.00. The van der Waals surface area contributed by atoms with Gasteiger partial charge in [-0.3, -0.25) is 0 Å². The second-order valence-electron chi connectivity index (χ2n) is 2.73. The Labute approximate surface area is 92.2 Å². The zero-order valence-electron chi connectivity index (χ0n) is 7.30. The fourth-order valence-electron chi connectivity index (χ4n) is 0.950. The molecule has 0 N–H and O–H groups in total. The van der Waals surface area contributed by atoms with E-state index in [1.807, 2.05) is 24.3 Å². The SMILES string of the molecule is C1CCOC1.Clc1ccccc1Br. The van der Waals surface area contributed by atoms with E-state index in [4.69, 9.17) is 16.3 Å². The van der Waals surface area contributed by atoms with E-state index < -0.39 is 0 Å². The molecule has 1 heterocycles. The lowest BCUT2D eigenvalue weighted by atomic mass is 10.4. The van der Waals surface area contributed by atoms with Gasteiger partial charge >= 0.3 is 0 Å². The van der Waals surface area contributed by atoms with E-state index >= 15 is 0 Å². The largest absolute Gasteiger partial charge is 0.381 e. The third kappa shape index (κ3) is 4.65. The Morgan fingerprint density at radius 1 is 1.15 bits per heavy atom. The molecular weight excluding hydrogens is 251 g/mol.